The van der Waals surface area contributed by atoms with Gasteiger partial charge in [0, 0.05) is 29.2 Å². The molecule has 0 radical (unpaired) electrons. The molecule has 2 aliphatic rings. The molecule has 4 heteroatoms. The lowest BCUT2D eigenvalue weighted by molar-refractivity contribution is 0.564. The molecule has 1 aromatic heterocycles. The molecular formula is C22H24N4. The molecule has 5 rings (SSSR count). The van der Waals surface area contributed by atoms with Crippen molar-refractivity contribution in [1.82, 2.24) is 15.8 Å². The average Bonchev–Trinajstić information content (AvgIpc) is 3.17. The Labute approximate surface area is 154 Å². The molecule has 132 valence electrons. The van der Waals surface area contributed by atoms with Gasteiger partial charge in [-0.1, -0.05) is 48.5 Å². The van der Waals surface area contributed by atoms with Gasteiger partial charge < -0.3 is 5.32 Å². The van der Waals surface area contributed by atoms with Crippen LogP contribution in [0.5, 0.6) is 0 Å². The normalized spacial score (nSPS) is 22.3. The van der Waals surface area contributed by atoms with Gasteiger partial charge >= 0.3 is 0 Å². The van der Waals surface area contributed by atoms with Crippen LogP contribution in [0, 0.1) is 0 Å². The molecule has 1 fully saturated rings. The van der Waals surface area contributed by atoms with Crippen molar-refractivity contribution in [2.45, 2.75) is 44.3 Å². The van der Waals surface area contributed by atoms with Crippen LogP contribution in [0.2, 0.25) is 0 Å². The largest absolute Gasteiger partial charge is 0.368 e. The predicted molar refractivity (Wildman–Crippen MR) is 106 cm³/mol. The number of hydrogen-bond acceptors (Lipinski definition) is 4. The fourth-order valence-corrected chi connectivity index (χ4v) is 4.27. The summed E-state index contributed by atoms with van der Waals surface area (Å²) in [6, 6.07) is 19.5. The number of benzene rings is 2. The summed E-state index contributed by atoms with van der Waals surface area (Å²) >= 11 is 0. The lowest BCUT2D eigenvalue weighted by Crippen LogP contribution is -2.36. The zero-order valence-corrected chi connectivity index (χ0v) is 14.8. The molecule has 2 atom stereocenters. The lowest BCUT2D eigenvalue weighted by Gasteiger charge is -2.24. The minimum atomic E-state index is 0.206. The fourth-order valence-electron chi connectivity index (χ4n) is 4.27. The molecule has 1 saturated heterocycles. The smallest absolute Gasteiger partial charge is 0.0915 e. The molecule has 0 bridgehead atoms. The van der Waals surface area contributed by atoms with Crippen molar-refractivity contribution in [3.8, 4) is 0 Å². The predicted octanol–water partition coefficient (Wildman–Crippen LogP) is 4.09. The van der Waals surface area contributed by atoms with Crippen LogP contribution in [0.25, 0.3) is 10.9 Å². The Morgan fingerprint density at radius 2 is 1.69 bits per heavy atom. The number of nitrogens with zero attached hydrogens (tertiary/aromatic N) is 1. The summed E-state index contributed by atoms with van der Waals surface area (Å²) in [5, 5.41) is 5.03. The van der Waals surface area contributed by atoms with Gasteiger partial charge in [-0.3, -0.25) is 4.98 Å². The van der Waals surface area contributed by atoms with Gasteiger partial charge in [-0.2, -0.15) is 0 Å². The van der Waals surface area contributed by atoms with Crippen LogP contribution in [-0.4, -0.2) is 11.1 Å². The van der Waals surface area contributed by atoms with Crippen molar-refractivity contribution in [2.24, 2.45) is 0 Å². The Morgan fingerprint density at radius 1 is 0.885 bits per heavy atom. The third-order valence-corrected chi connectivity index (χ3v) is 5.59. The molecule has 0 spiro atoms. The van der Waals surface area contributed by atoms with E-state index in [1.54, 1.807) is 0 Å². The third kappa shape index (κ3) is 2.85. The standard InChI is InChI=1S/C22H24N4/c1-2-8-15(9-3-1)20-14-21(26-25-20)24-22-16-10-4-6-12-18(16)23-19-13-7-5-11-17(19)22/h1-4,6,8-10,12,20-21,25-26H,5,7,11,13-14H2,(H,23,24). The second kappa shape index (κ2) is 6.71. The third-order valence-electron chi connectivity index (χ3n) is 5.59. The highest BCUT2D eigenvalue weighted by atomic mass is 15.5. The van der Waals surface area contributed by atoms with Gasteiger partial charge in [0.05, 0.1) is 11.7 Å². The van der Waals surface area contributed by atoms with Crippen LogP contribution >= 0.6 is 0 Å². The number of pyridine rings is 1. The monoisotopic (exact) mass is 344 g/mol. The van der Waals surface area contributed by atoms with E-state index < -0.39 is 0 Å². The number of aromatic nitrogens is 1. The van der Waals surface area contributed by atoms with Crippen LogP contribution in [0.4, 0.5) is 5.69 Å². The highest BCUT2D eigenvalue weighted by Crippen LogP contribution is 2.34. The van der Waals surface area contributed by atoms with Crippen molar-refractivity contribution in [1.29, 1.82) is 0 Å². The van der Waals surface area contributed by atoms with Crippen molar-refractivity contribution < 1.29 is 0 Å². The maximum Gasteiger partial charge on any atom is 0.0915 e. The van der Waals surface area contributed by atoms with Crippen molar-refractivity contribution >= 4 is 16.6 Å². The van der Waals surface area contributed by atoms with E-state index >= 15 is 0 Å². The lowest BCUT2D eigenvalue weighted by atomic mass is 9.92. The number of aryl methyl sites for hydroxylation is 1. The minimum Gasteiger partial charge on any atom is -0.368 e. The Morgan fingerprint density at radius 3 is 2.62 bits per heavy atom. The highest BCUT2D eigenvalue weighted by Gasteiger charge is 2.27. The van der Waals surface area contributed by atoms with E-state index in [-0.39, 0.29) is 6.17 Å². The van der Waals surface area contributed by atoms with E-state index in [4.69, 9.17) is 4.98 Å². The Kier molecular flexibility index (Phi) is 4.07. The maximum absolute atomic E-state index is 4.94. The van der Waals surface area contributed by atoms with Crippen LogP contribution < -0.4 is 16.2 Å². The van der Waals surface area contributed by atoms with E-state index in [0.29, 0.717) is 6.04 Å². The second-order valence-corrected chi connectivity index (χ2v) is 7.32. The van der Waals surface area contributed by atoms with Crippen molar-refractivity contribution in [3.63, 3.8) is 0 Å². The number of fused-ring (bicyclic) bond motifs is 2. The quantitative estimate of drug-likeness (QED) is 0.670. The molecule has 1 aliphatic heterocycles. The molecule has 0 saturated carbocycles. The molecule has 3 N–H and O–H groups in total. The molecule has 2 heterocycles. The number of rotatable bonds is 3. The summed E-state index contributed by atoms with van der Waals surface area (Å²) in [7, 11) is 0. The first-order valence-electron chi connectivity index (χ1n) is 9.61. The van der Waals surface area contributed by atoms with E-state index in [1.807, 2.05) is 0 Å². The Balaban J connectivity index is 1.46. The summed E-state index contributed by atoms with van der Waals surface area (Å²) in [6.07, 6.45) is 5.93. The van der Waals surface area contributed by atoms with Crippen molar-refractivity contribution in [3.05, 3.63) is 71.4 Å². The number of hydrogen-bond donors (Lipinski definition) is 3. The summed E-state index contributed by atoms with van der Waals surface area (Å²) in [6.45, 7) is 0. The average molecular weight is 344 g/mol. The first-order valence-corrected chi connectivity index (χ1v) is 9.61. The molecule has 0 amide bonds. The first-order chi connectivity index (χ1) is 12.9. The Hall–Kier alpha value is -2.43. The summed E-state index contributed by atoms with van der Waals surface area (Å²) in [4.78, 5) is 4.94. The Bertz CT molecular complexity index is 922. The second-order valence-electron chi connectivity index (χ2n) is 7.32. The zero-order chi connectivity index (χ0) is 17.3. The van der Waals surface area contributed by atoms with E-state index in [2.05, 4.69) is 70.8 Å². The maximum atomic E-state index is 4.94. The molecule has 26 heavy (non-hydrogen) atoms. The van der Waals surface area contributed by atoms with E-state index in [9.17, 15) is 0 Å². The van der Waals surface area contributed by atoms with Gasteiger partial charge in [0.15, 0.2) is 0 Å². The first kappa shape index (κ1) is 15.8. The SMILES string of the molecule is c1ccc(C2CC(Nc3c4c(nc5ccccc35)CCCC4)NN2)cc1. The summed E-state index contributed by atoms with van der Waals surface area (Å²) in [5.74, 6) is 0. The van der Waals surface area contributed by atoms with Crippen LogP contribution in [0.1, 0.15) is 42.1 Å². The van der Waals surface area contributed by atoms with Gasteiger partial charge in [-0.25, -0.2) is 10.9 Å². The zero-order valence-electron chi connectivity index (χ0n) is 14.8. The topological polar surface area (TPSA) is 49.0 Å². The van der Waals surface area contributed by atoms with E-state index in [1.165, 1.54) is 40.7 Å². The minimum absolute atomic E-state index is 0.206. The summed E-state index contributed by atoms with van der Waals surface area (Å²) < 4.78 is 0. The molecule has 4 nitrogen and oxygen atoms in total. The molecule has 3 aromatic rings. The van der Waals surface area contributed by atoms with Gasteiger partial charge in [-0.15, -0.1) is 0 Å². The van der Waals surface area contributed by atoms with Crippen LogP contribution in [0.15, 0.2) is 54.6 Å². The number of nitrogens with one attached hydrogen (secondary N) is 3. The summed E-state index contributed by atoms with van der Waals surface area (Å²) in [5.41, 5.74) is 13.3. The molecular weight excluding hydrogens is 320 g/mol. The van der Waals surface area contributed by atoms with Gasteiger partial charge in [0.1, 0.15) is 0 Å². The van der Waals surface area contributed by atoms with Gasteiger partial charge in [-0.05, 0) is 42.9 Å². The van der Waals surface area contributed by atoms with Gasteiger partial charge in [0.25, 0.3) is 0 Å². The van der Waals surface area contributed by atoms with E-state index in [0.717, 1.165) is 24.8 Å². The fraction of sp³-hybridized carbons (Fsp3) is 0.318. The molecule has 2 unspecified atom stereocenters. The highest BCUT2D eigenvalue weighted by molar-refractivity contribution is 5.93. The van der Waals surface area contributed by atoms with Crippen LogP contribution in [0.3, 0.4) is 0 Å². The van der Waals surface area contributed by atoms with Gasteiger partial charge in [0.2, 0.25) is 0 Å². The molecule has 1 aliphatic carbocycles. The van der Waals surface area contributed by atoms with Crippen molar-refractivity contribution in [2.75, 3.05) is 5.32 Å². The number of anilines is 1. The van der Waals surface area contributed by atoms with Crippen LogP contribution in [-0.2, 0) is 12.8 Å². The number of para-hydroxylation sites is 1. The molecule has 2 aromatic carbocycles. The number of hydrazine groups is 1.